The fourth-order valence-electron chi connectivity index (χ4n) is 3.14. The number of carbonyl (C=O) groups excluding carboxylic acids is 1. The highest BCUT2D eigenvalue weighted by atomic mass is 32.1. The van der Waals surface area contributed by atoms with E-state index in [4.69, 9.17) is 4.74 Å². The van der Waals surface area contributed by atoms with Gasteiger partial charge >= 0.3 is 0 Å². The topological polar surface area (TPSA) is 68.5 Å². The molecule has 0 aliphatic rings. The number of nitrogens with one attached hydrogen (secondary N) is 1. The lowest BCUT2D eigenvalue weighted by Gasteiger charge is -2.10. The molecule has 1 amide bonds. The van der Waals surface area contributed by atoms with Crippen molar-refractivity contribution in [3.63, 3.8) is 0 Å². The number of hydrogen-bond donors (Lipinski definition) is 1. The van der Waals surface area contributed by atoms with Crippen LogP contribution in [0.25, 0.3) is 16.6 Å². The van der Waals surface area contributed by atoms with Crippen molar-refractivity contribution in [2.75, 3.05) is 5.32 Å². The van der Waals surface area contributed by atoms with Crippen LogP contribution in [0.5, 0.6) is 5.75 Å². The highest BCUT2D eigenvalue weighted by Gasteiger charge is 2.17. The van der Waals surface area contributed by atoms with Crippen molar-refractivity contribution in [1.82, 2.24) is 14.6 Å². The molecule has 158 valence electrons. The van der Waals surface area contributed by atoms with Crippen LogP contribution in [0.15, 0.2) is 54.6 Å². The first-order chi connectivity index (χ1) is 14.9. The third-order valence-corrected chi connectivity index (χ3v) is 5.82. The maximum atomic E-state index is 13.2. The van der Waals surface area contributed by atoms with Crippen molar-refractivity contribution < 1.29 is 9.53 Å². The van der Waals surface area contributed by atoms with Gasteiger partial charge in [-0.3, -0.25) is 10.1 Å². The Kier molecular flexibility index (Phi) is 5.86. The molecular formula is C24H24N4O2S. The van der Waals surface area contributed by atoms with Gasteiger partial charge in [0.25, 0.3) is 11.9 Å². The Balaban J connectivity index is 1.64. The summed E-state index contributed by atoms with van der Waals surface area (Å²) in [6.45, 7) is 7.99. The van der Waals surface area contributed by atoms with Crippen LogP contribution in [-0.2, 0) is 4.79 Å². The van der Waals surface area contributed by atoms with Crippen molar-refractivity contribution in [1.29, 1.82) is 0 Å². The Labute approximate surface area is 185 Å². The summed E-state index contributed by atoms with van der Waals surface area (Å²) in [5, 5.41) is 7.29. The van der Waals surface area contributed by atoms with Gasteiger partial charge in [-0.1, -0.05) is 53.8 Å². The molecule has 6 nitrogen and oxygen atoms in total. The van der Waals surface area contributed by atoms with Gasteiger partial charge in [0.05, 0.1) is 11.8 Å². The van der Waals surface area contributed by atoms with E-state index in [0.29, 0.717) is 11.5 Å². The second-order valence-corrected chi connectivity index (χ2v) is 8.67. The number of nitrogens with zero attached hydrogens (tertiary/aromatic N) is 3. The number of aryl methyl sites for hydroxylation is 2. The standard InChI is InChI=1S/C24H24N4O2S/c1-15(2)30-20-12-10-18(11-13-20)14-21(19-8-6-5-7-9-19)22(29)25-23-26-24-28(27-23)16(3)17(4)31-24/h5-15H,1-4H3,(H,25,27,29)/b21-14+. The molecule has 0 radical (unpaired) electrons. The molecular weight excluding hydrogens is 408 g/mol. The summed E-state index contributed by atoms with van der Waals surface area (Å²) < 4.78 is 7.47. The van der Waals surface area contributed by atoms with E-state index in [1.165, 1.54) is 0 Å². The minimum atomic E-state index is -0.263. The number of ether oxygens (including phenoxy) is 1. The van der Waals surface area contributed by atoms with Crippen molar-refractivity contribution >= 4 is 39.8 Å². The van der Waals surface area contributed by atoms with Gasteiger partial charge in [0.2, 0.25) is 4.96 Å². The Morgan fingerprint density at radius 2 is 1.81 bits per heavy atom. The highest BCUT2D eigenvalue weighted by Crippen LogP contribution is 2.24. The zero-order valence-corrected chi connectivity index (χ0v) is 18.7. The molecule has 0 aliphatic carbocycles. The van der Waals surface area contributed by atoms with Crippen molar-refractivity contribution in [2.45, 2.75) is 33.8 Å². The smallest absolute Gasteiger partial charge is 0.258 e. The maximum absolute atomic E-state index is 13.2. The quantitative estimate of drug-likeness (QED) is 0.328. The molecule has 0 fully saturated rings. The first kappa shape index (κ1) is 20.8. The van der Waals surface area contributed by atoms with E-state index in [-0.39, 0.29) is 12.0 Å². The number of aromatic nitrogens is 3. The molecule has 0 bridgehead atoms. The van der Waals surface area contributed by atoms with Crippen LogP contribution in [0.2, 0.25) is 0 Å². The molecule has 1 N–H and O–H groups in total. The van der Waals surface area contributed by atoms with E-state index in [2.05, 4.69) is 15.4 Å². The minimum Gasteiger partial charge on any atom is -0.491 e. The Hall–Kier alpha value is -3.45. The summed E-state index contributed by atoms with van der Waals surface area (Å²) in [7, 11) is 0. The third kappa shape index (κ3) is 4.67. The molecule has 31 heavy (non-hydrogen) atoms. The number of benzene rings is 2. The van der Waals surface area contributed by atoms with Crippen molar-refractivity contribution in [3.8, 4) is 5.75 Å². The van der Waals surface area contributed by atoms with Gasteiger partial charge in [-0.15, -0.1) is 5.10 Å². The van der Waals surface area contributed by atoms with Crippen LogP contribution in [-0.4, -0.2) is 26.6 Å². The van der Waals surface area contributed by atoms with Gasteiger partial charge in [-0.25, -0.2) is 4.52 Å². The van der Waals surface area contributed by atoms with Gasteiger partial charge in [0.1, 0.15) is 5.75 Å². The molecule has 0 unspecified atom stereocenters. The third-order valence-electron chi connectivity index (χ3n) is 4.77. The lowest BCUT2D eigenvalue weighted by Crippen LogP contribution is -2.15. The SMILES string of the molecule is Cc1sc2nc(NC(=O)/C(=C/c3ccc(OC(C)C)cc3)c3ccccc3)nn2c1C. The molecule has 2 aromatic carbocycles. The van der Waals surface area contributed by atoms with Gasteiger partial charge in [0, 0.05) is 10.5 Å². The fraction of sp³-hybridized carbons (Fsp3) is 0.208. The van der Waals surface area contributed by atoms with Crippen molar-refractivity contribution in [2.24, 2.45) is 0 Å². The van der Waals surface area contributed by atoms with Gasteiger partial charge < -0.3 is 4.74 Å². The molecule has 0 saturated carbocycles. The fourth-order valence-corrected chi connectivity index (χ4v) is 4.05. The number of fused-ring (bicyclic) bond motifs is 1. The minimum absolute atomic E-state index is 0.108. The van der Waals surface area contributed by atoms with E-state index in [1.807, 2.05) is 88.4 Å². The number of hydrogen-bond acceptors (Lipinski definition) is 5. The Bertz CT molecular complexity index is 1240. The number of rotatable bonds is 6. The summed E-state index contributed by atoms with van der Waals surface area (Å²) in [6, 6.07) is 17.2. The summed E-state index contributed by atoms with van der Waals surface area (Å²) >= 11 is 1.55. The van der Waals surface area contributed by atoms with Gasteiger partial charge in [-0.05, 0) is 57.0 Å². The highest BCUT2D eigenvalue weighted by molar-refractivity contribution is 7.17. The van der Waals surface area contributed by atoms with Crippen LogP contribution in [0.1, 0.15) is 35.5 Å². The van der Waals surface area contributed by atoms with E-state index in [0.717, 1.165) is 32.4 Å². The molecule has 0 spiro atoms. The zero-order chi connectivity index (χ0) is 22.0. The molecule has 0 atom stereocenters. The molecule has 4 rings (SSSR count). The number of thiazole rings is 1. The van der Waals surface area contributed by atoms with Gasteiger partial charge in [0.15, 0.2) is 0 Å². The van der Waals surface area contributed by atoms with Crippen LogP contribution in [0.4, 0.5) is 5.95 Å². The zero-order valence-electron chi connectivity index (χ0n) is 17.9. The van der Waals surface area contributed by atoms with Crippen LogP contribution in [0, 0.1) is 13.8 Å². The Morgan fingerprint density at radius 1 is 1.10 bits per heavy atom. The van der Waals surface area contributed by atoms with Crippen molar-refractivity contribution in [3.05, 3.63) is 76.3 Å². The Morgan fingerprint density at radius 3 is 2.45 bits per heavy atom. The second kappa shape index (κ2) is 8.73. The second-order valence-electron chi connectivity index (χ2n) is 7.49. The van der Waals surface area contributed by atoms with Crippen LogP contribution in [0.3, 0.4) is 0 Å². The first-order valence-electron chi connectivity index (χ1n) is 10.1. The average Bonchev–Trinajstić information content (AvgIpc) is 3.25. The molecule has 4 aromatic rings. The van der Waals surface area contributed by atoms with Gasteiger partial charge in [-0.2, -0.15) is 4.98 Å². The summed E-state index contributed by atoms with van der Waals surface area (Å²) in [5.41, 5.74) is 3.27. The predicted octanol–water partition coefficient (Wildman–Crippen LogP) is 5.37. The summed E-state index contributed by atoms with van der Waals surface area (Å²) in [6.07, 6.45) is 1.97. The summed E-state index contributed by atoms with van der Waals surface area (Å²) in [5.74, 6) is 0.828. The lowest BCUT2D eigenvalue weighted by molar-refractivity contribution is -0.111. The lowest BCUT2D eigenvalue weighted by atomic mass is 10.0. The molecule has 0 saturated heterocycles. The van der Waals surface area contributed by atoms with E-state index in [1.54, 1.807) is 15.9 Å². The molecule has 2 aromatic heterocycles. The molecule has 2 heterocycles. The predicted molar refractivity (Wildman–Crippen MR) is 125 cm³/mol. The summed E-state index contributed by atoms with van der Waals surface area (Å²) in [4.78, 5) is 19.6. The molecule has 7 heteroatoms. The first-order valence-corrected chi connectivity index (χ1v) is 10.9. The van der Waals surface area contributed by atoms with E-state index in [9.17, 15) is 4.79 Å². The van der Waals surface area contributed by atoms with E-state index < -0.39 is 0 Å². The monoisotopic (exact) mass is 432 g/mol. The van der Waals surface area contributed by atoms with E-state index >= 15 is 0 Å². The number of amides is 1. The molecule has 0 aliphatic heterocycles. The largest absolute Gasteiger partial charge is 0.491 e. The average molecular weight is 433 g/mol. The van der Waals surface area contributed by atoms with Crippen LogP contribution >= 0.6 is 11.3 Å². The van der Waals surface area contributed by atoms with Crippen LogP contribution < -0.4 is 10.1 Å². The number of carbonyl (C=O) groups is 1. The number of anilines is 1. The maximum Gasteiger partial charge on any atom is 0.258 e. The normalized spacial score (nSPS) is 11.8.